The van der Waals surface area contributed by atoms with Gasteiger partial charge in [-0.3, -0.25) is 4.79 Å². The first-order valence-corrected chi connectivity index (χ1v) is 6.01. The van der Waals surface area contributed by atoms with Crippen LogP contribution < -0.4 is 10.6 Å². The SMILES string of the molecule is CCC1(C(=O)NCc2ncon2)CCCNC1. The molecule has 94 valence electrons. The highest BCUT2D eigenvalue weighted by Gasteiger charge is 2.37. The minimum absolute atomic E-state index is 0.0806. The molecule has 1 fully saturated rings. The van der Waals surface area contributed by atoms with Gasteiger partial charge in [0.1, 0.15) is 0 Å². The molecular formula is C11H18N4O2. The van der Waals surface area contributed by atoms with Gasteiger partial charge < -0.3 is 15.2 Å². The number of hydrogen-bond acceptors (Lipinski definition) is 5. The second-order valence-corrected chi connectivity index (χ2v) is 4.44. The molecular weight excluding hydrogens is 220 g/mol. The number of carbonyl (C=O) groups is 1. The number of piperidine rings is 1. The van der Waals surface area contributed by atoms with E-state index in [-0.39, 0.29) is 11.3 Å². The van der Waals surface area contributed by atoms with Crippen molar-refractivity contribution in [2.75, 3.05) is 13.1 Å². The summed E-state index contributed by atoms with van der Waals surface area (Å²) >= 11 is 0. The van der Waals surface area contributed by atoms with Crippen LogP contribution in [0.3, 0.4) is 0 Å². The summed E-state index contributed by atoms with van der Waals surface area (Å²) in [5.41, 5.74) is -0.276. The van der Waals surface area contributed by atoms with Crippen LogP contribution in [0.5, 0.6) is 0 Å². The van der Waals surface area contributed by atoms with Gasteiger partial charge in [0.2, 0.25) is 12.3 Å². The normalized spacial score (nSPS) is 24.5. The Bertz CT molecular complexity index is 358. The Morgan fingerprint density at radius 3 is 3.18 bits per heavy atom. The van der Waals surface area contributed by atoms with E-state index in [0.29, 0.717) is 12.4 Å². The summed E-state index contributed by atoms with van der Waals surface area (Å²) in [4.78, 5) is 16.1. The van der Waals surface area contributed by atoms with Crippen LogP contribution >= 0.6 is 0 Å². The summed E-state index contributed by atoms with van der Waals surface area (Å²) in [6, 6.07) is 0. The summed E-state index contributed by atoms with van der Waals surface area (Å²) in [5.74, 6) is 0.588. The lowest BCUT2D eigenvalue weighted by Gasteiger charge is -2.35. The third-order valence-corrected chi connectivity index (χ3v) is 3.44. The predicted octanol–water partition coefficient (Wildman–Crippen LogP) is 0.466. The zero-order valence-corrected chi connectivity index (χ0v) is 10.0. The Balaban J connectivity index is 1.93. The molecule has 2 N–H and O–H groups in total. The molecule has 0 aromatic carbocycles. The van der Waals surface area contributed by atoms with Gasteiger partial charge in [-0.05, 0) is 25.8 Å². The second-order valence-electron chi connectivity index (χ2n) is 4.44. The lowest BCUT2D eigenvalue weighted by molar-refractivity contribution is -0.132. The zero-order valence-electron chi connectivity index (χ0n) is 10.0. The van der Waals surface area contributed by atoms with Crippen LogP contribution in [0.25, 0.3) is 0 Å². The van der Waals surface area contributed by atoms with Crippen LogP contribution in [0, 0.1) is 5.41 Å². The second kappa shape index (κ2) is 5.27. The van der Waals surface area contributed by atoms with E-state index in [1.807, 2.05) is 0 Å². The maximum Gasteiger partial charge on any atom is 0.227 e. The van der Waals surface area contributed by atoms with Crippen LogP contribution in [0.15, 0.2) is 10.9 Å². The number of amides is 1. The first kappa shape index (κ1) is 12.0. The average molecular weight is 238 g/mol. The highest BCUT2D eigenvalue weighted by atomic mass is 16.5. The van der Waals surface area contributed by atoms with Crippen molar-refractivity contribution in [1.82, 2.24) is 20.8 Å². The van der Waals surface area contributed by atoms with E-state index >= 15 is 0 Å². The first-order chi connectivity index (χ1) is 8.27. The van der Waals surface area contributed by atoms with Crippen LogP contribution in [0.1, 0.15) is 32.0 Å². The molecule has 6 heteroatoms. The van der Waals surface area contributed by atoms with Gasteiger partial charge in [-0.2, -0.15) is 4.98 Å². The Labute approximate surface area is 100 Å². The molecule has 1 unspecified atom stereocenters. The fraction of sp³-hybridized carbons (Fsp3) is 0.727. The molecule has 2 heterocycles. The Kier molecular flexibility index (Phi) is 3.73. The molecule has 1 amide bonds. The molecule has 2 rings (SSSR count). The number of hydrogen-bond donors (Lipinski definition) is 2. The maximum atomic E-state index is 12.2. The van der Waals surface area contributed by atoms with Gasteiger partial charge in [0, 0.05) is 6.54 Å². The maximum absolute atomic E-state index is 12.2. The van der Waals surface area contributed by atoms with Gasteiger partial charge in [-0.25, -0.2) is 0 Å². The summed E-state index contributed by atoms with van der Waals surface area (Å²) in [6.45, 7) is 4.14. The summed E-state index contributed by atoms with van der Waals surface area (Å²) in [5, 5.41) is 9.84. The van der Waals surface area contributed by atoms with Gasteiger partial charge in [0.05, 0.1) is 12.0 Å². The quantitative estimate of drug-likeness (QED) is 0.797. The third kappa shape index (κ3) is 2.63. The van der Waals surface area contributed by atoms with Gasteiger partial charge >= 0.3 is 0 Å². The van der Waals surface area contributed by atoms with Crippen molar-refractivity contribution in [3.05, 3.63) is 12.2 Å². The van der Waals surface area contributed by atoms with Crippen molar-refractivity contribution in [2.24, 2.45) is 5.41 Å². The number of nitrogens with zero attached hydrogens (tertiary/aromatic N) is 2. The van der Waals surface area contributed by atoms with Crippen molar-refractivity contribution in [1.29, 1.82) is 0 Å². The van der Waals surface area contributed by atoms with Crippen LogP contribution in [-0.4, -0.2) is 29.1 Å². The smallest absolute Gasteiger partial charge is 0.227 e. The number of aromatic nitrogens is 2. The fourth-order valence-corrected chi connectivity index (χ4v) is 2.24. The molecule has 1 aliphatic heterocycles. The highest BCUT2D eigenvalue weighted by Crippen LogP contribution is 2.30. The fourth-order valence-electron chi connectivity index (χ4n) is 2.24. The zero-order chi connectivity index (χ0) is 12.1. The van der Waals surface area contributed by atoms with Crippen molar-refractivity contribution in [3.63, 3.8) is 0 Å². The lowest BCUT2D eigenvalue weighted by atomic mass is 9.77. The molecule has 1 atom stereocenters. The Morgan fingerprint density at radius 2 is 2.59 bits per heavy atom. The summed E-state index contributed by atoms with van der Waals surface area (Å²) < 4.78 is 4.62. The molecule has 0 radical (unpaired) electrons. The van der Waals surface area contributed by atoms with E-state index < -0.39 is 0 Å². The van der Waals surface area contributed by atoms with E-state index in [0.717, 1.165) is 32.4 Å². The van der Waals surface area contributed by atoms with Crippen molar-refractivity contribution in [2.45, 2.75) is 32.7 Å². The number of carbonyl (C=O) groups excluding carboxylic acids is 1. The molecule has 0 aliphatic carbocycles. The third-order valence-electron chi connectivity index (χ3n) is 3.44. The molecule has 0 spiro atoms. The Morgan fingerprint density at radius 1 is 1.71 bits per heavy atom. The van der Waals surface area contributed by atoms with Crippen molar-refractivity contribution in [3.8, 4) is 0 Å². The molecule has 6 nitrogen and oxygen atoms in total. The molecule has 1 aromatic rings. The van der Waals surface area contributed by atoms with Gasteiger partial charge in [0.15, 0.2) is 5.82 Å². The predicted molar refractivity (Wildman–Crippen MR) is 61.0 cm³/mol. The highest BCUT2D eigenvalue weighted by molar-refractivity contribution is 5.82. The van der Waals surface area contributed by atoms with Gasteiger partial charge in [-0.1, -0.05) is 12.1 Å². The minimum Gasteiger partial charge on any atom is -0.348 e. The van der Waals surface area contributed by atoms with E-state index in [4.69, 9.17) is 0 Å². The lowest BCUT2D eigenvalue weighted by Crippen LogP contribution is -2.50. The largest absolute Gasteiger partial charge is 0.348 e. The monoisotopic (exact) mass is 238 g/mol. The minimum atomic E-state index is -0.276. The standard InChI is InChI=1S/C11H18N4O2/c1-2-11(4-3-5-12-7-11)10(16)13-6-9-14-8-17-15-9/h8,12H,2-7H2,1H3,(H,13,16). The average Bonchev–Trinajstić information content (AvgIpc) is 2.90. The summed E-state index contributed by atoms with van der Waals surface area (Å²) in [6.07, 6.45) is 4.09. The van der Waals surface area contributed by atoms with Crippen LogP contribution in [0.4, 0.5) is 0 Å². The molecule has 0 saturated carbocycles. The molecule has 1 aromatic heterocycles. The molecule has 1 saturated heterocycles. The molecule has 0 bridgehead atoms. The Hall–Kier alpha value is -1.43. The van der Waals surface area contributed by atoms with E-state index in [2.05, 4.69) is 32.2 Å². The van der Waals surface area contributed by atoms with Crippen LogP contribution in [0.2, 0.25) is 0 Å². The molecule has 1 aliphatic rings. The number of rotatable bonds is 4. The van der Waals surface area contributed by atoms with E-state index in [1.165, 1.54) is 6.39 Å². The van der Waals surface area contributed by atoms with E-state index in [1.54, 1.807) is 0 Å². The first-order valence-electron chi connectivity index (χ1n) is 6.01. The van der Waals surface area contributed by atoms with Gasteiger partial charge in [-0.15, -0.1) is 0 Å². The molecule has 17 heavy (non-hydrogen) atoms. The van der Waals surface area contributed by atoms with Crippen molar-refractivity contribution >= 4 is 5.91 Å². The van der Waals surface area contributed by atoms with E-state index in [9.17, 15) is 4.79 Å². The van der Waals surface area contributed by atoms with Crippen LogP contribution in [-0.2, 0) is 11.3 Å². The van der Waals surface area contributed by atoms with Crippen molar-refractivity contribution < 1.29 is 9.32 Å². The topological polar surface area (TPSA) is 80.1 Å². The van der Waals surface area contributed by atoms with Gasteiger partial charge in [0.25, 0.3) is 0 Å². The number of nitrogens with one attached hydrogen (secondary N) is 2. The summed E-state index contributed by atoms with van der Waals surface area (Å²) in [7, 11) is 0.